The van der Waals surface area contributed by atoms with Crippen molar-refractivity contribution in [2.75, 3.05) is 6.61 Å². The van der Waals surface area contributed by atoms with Crippen molar-refractivity contribution >= 4 is 10.0 Å². The SMILES string of the molecule is Cc1ccc(F)c(S(=O)(=O)NC(C)CO)c1. The first kappa shape index (κ1) is 13.1. The van der Waals surface area contributed by atoms with Crippen LogP contribution in [0, 0.1) is 12.7 Å². The Hall–Kier alpha value is -0.980. The molecule has 2 N–H and O–H groups in total. The summed E-state index contributed by atoms with van der Waals surface area (Å²) in [5.74, 6) is -0.803. The maximum atomic E-state index is 13.3. The summed E-state index contributed by atoms with van der Waals surface area (Å²) < 4.78 is 38.9. The van der Waals surface area contributed by atoms with Crippen LogP contribution < -0.4 is 4.72 Å². The summed E-state index contributed by atoms with van der Waals surface area (Å²) in [7, 11) is -3.91. The van der Waals surface area contributed by atoms with E-state index in [4.69, 9.17) is 5.11 Å². The summed E-state index contributed by atoms with van der Waals surface area (Å²) in [6, 6.07) is 3.20. The number of halogens is 1. The summed E-state index contributed by atoms with van der Waals surface area (Å²) in [5, 5.41) is 8.75. The van der Waals surface area contributed by atoms with E-state index >= 15 is 0 Å². The molecule has 0 amide bonds. The molecule has 0 fully saturated rings. The molecule has 0 saturated heterocycles. The lowest BCUT2D eigenvalue weighted by molar-refractivity contribution is 0.265. The smallest absolute Gasteiger partial charge is 0.243 e. The third-order valence-corrected chi connectivity index (χ3v) is 3.61. The second-order valence-electron chi connectivity index (χ2n) is 3.64. The first-order chi connectivity index (χ1) is 7.36. The highest BCUT2D eigenvalue weighted by Crippen LogP contribution is 2.16. The van der Waals surface area contributed by atoms with Crippen LogP contribution in [0.4, 0.5) is 4.39 Å². The van der Waals surface area contributed by atoms with Gasteiger partial charge in [-0.2, -0.15) is 0 Å². The molecule has 0 heterocycles. The zero-order valence-electron chi connectivity index (χ0n) is 9.07. The summed E-state index contributed by atoms with van der Waals surface area (Å²) >= 11 is 0. The van der Waals surface area contributed by atoms with E-state index in [9.17, 15) is 12.8 Å². The van der Waals surface area contributed by atoms with E-state index in [0.29, 0.717) is 5.56 Å². The van der Waals surface area contributed by atoms with Gasteiger partial charge in [-0.05, 0) is 31.5 Å². The zero-order chi connectivity index (χ0) is 12.3. The highest BCUT2D eigenvalue weighted by atomic mass is 32.2. The molecule has 0 aromatic heterocycles. The second-order valence-corrected chi connectivity index (χ2v) is 5.32. The van der Waals surface area contributed by atoms with Gasteiger partial charge in [0.2, 0.25) is 10.0 Å². The Balaban J connectivity index is 3.12. The van der Waals surface area contributed by atoms with Crippen molar-refractivity contribution in [3.8, 4) is 0 Å². The molecule has 16 heavy (non-hydrogen) atoms. The van der Waals surface area contributed by atoms with Crippen molar-refractivity contribution in [2.24, 2.45) is 0 Å². The number of benzene rings is 1. The van der Waals surface area contributed by atoms with Crippen molar-refractivity contribution in [3.63, 3.8) is 0 Å². The predicted octanol–water partition coefficient (Wildman–Crippen LogP) is 0.793. The fourth-order valence-electron chi connectivity index (χ4n) is 1.18. The minimum absolute atomic E-state index is 0.341. The molecule has 90 valence electrons. The summed E-state index contributed by atoms with van der Waals surface area (Å²) in [4.78, 5) is -0.396. The van der Waals surface area contributed by atoms with Crippen LogP contribution in [0.5, 0.6) is 0 Å². The van der Waals surface area contributed by atoms with Gasteiger partial charge in [-0.1, -0.05) is 6.07 Å². The quantitative estimate of drug-likeness (QED) is 0.826. The Bertz CT molecular complexity index is 473. The maximum Gasteiger partial charge on any atom is 0.243 e. The molecule has 0 aliphatic rings. The van der Waals surface area contributed by atoms with Gasteiger partial charge in [0.1, 0.15) is 10.7 Å². The molecule has 0 saturated carbocycles. The van der Waals surface area contributed by atoms with Gasteiger partial charge in [-0.15, -0.1) is 0 Å². The van der Waals surface area contributed by atoms with E-state index in [0.717, 1.165) is 6.07 Å². The van der Waals surface area contributed by atoms with E-state index in [1.807, 2.05) is 0 Å². The molecule has 0 bridgehead atoms. The fourth-order valence-corrected chi connectivity index (χ4v) is 2.58. The van der Waals surface area contributed by atoms with Gasteiger partial charge >= 0.3 is 0 Å². The van der Waals surface area contributed by atoms with Crippen LogP contribution in [0.25, 0.3) is 0 Å². The Morgan fingerprint density at radius 2 is 2.12 bits per heavy atom. The van der Waals surface area contributed by atoms with E-state index < -0.39 is 26.8 Å². The molecule has 0 aliphatic carbocycles. The van der Waals surface area contributed by atoms with Gasteiger partial charge in [0.05, 0.1) is 6.61 Å². The number of aryl methyl sites for hydroxylation is 1. The van der Waals surface area contributed by atoms with Crippen molar-refractivity contribution in [1.82, 2.24) is 4.72 Å². The summed E-state index contributed by atoms with van der Waals surface area (Å²) in [6.07, 6.45) is 0. The molecule has 6 heteroatoms. The van der Waals surface area contributed by atoms with Crippen LogP contribution >= 0.6 is 0 Å². The van der Waals surface area contributed by atoms with Gasteiger partial charge < -0.3 is 5.11 Å². The van der Waals surface area contributed by atoms with Crippen LogP contribution in [0.3, 0.4) is 0 Å². The van der Waals surface area contributed by atoms with Crippen LogP contribution in [-0.2, 0) is 10.0 Å². The number of hydrogen-bond donors (Lipinski definition) is 2. The van der Waals surface area contributed by atoms with Crippen LogP contribution in [0.1, 0.15) is 12.5 Å². The third-order valence-electron chi connectivity index (χ3n) is 2.01. The predicted molar refractivity (Wildman–Crippen MR) is 58.0 cm³/mol. The number of rotatable bonds is 4. The number of aliphatic hydroxyl groups excluding tert-OH is 1. The first-order valence-electron chi connectivity index (χ1n) is 4.76. The van der Waals surface area contributed by atoms with E-state index in [2.05, 4.69) is 4.72 Å². The number of hydrogen-bond acceptors (Lipinski definition) is 3. The van der Waals surface area contributed by atoms with Gasteiger partial charge in [0.25, 0.3) is 0 Å². The molecule has 0 spiro atoms. The van der Waals surface area contributed by atoms with E-state index in [1.54, 1.807) is 6.92 Å². The molecule has 1 aromatic rings. The zero-order valence-corrected chi connectivity index (χ0v) is 9.88. The number of nitrogens with one attached hydrogen (secondary N) is 1. The summed E-state index contributed by atoms with van der Waals surface area (Å²) in [6.45, 7) is 2.83. The second kappa shape index (κ2) is 4.90. The van der Waals surface area contributed by atoms with Crippen LogP contribution in [0.2, 0.25) is 0 Å². The maximum absolute atomic E-state index is 13.3. The number of sulfonamides is 1. The fraction of sp³-hybridized carbons (Fsp3) is 0.400. The lowest BCUT2D eigenvalue weighted by Gasteiger charge is -2.12. The molecule has 0 aliphatic heterocycles. The monoisotopic (exact) mass is 247 g/mol. The van der Waals surface area contributed by atoms with Gasteiger partial charge in [0.15, 0.2) is 0 Å². The van der Waals surface area contributed by atoms with Crippen molar-refractivity contribution in [1.29, 1.82) is 0 Å². The van der Waals surface area contributed by atoms with Crippen molar-refractivity contribution in [3.05, 3.63) is 29.6 Å². The van der Waals surface area contributed by atoms with Gasteiger partial charge in [-0.3, -0.25) is 0 Å². The molecule has 1 rings (SSSR count). The van der Waals surface area contributed by atoms with Gasteiger partial charge in [-0.25, -0.2) is 17.5 Å². The summed E-state index contributed by atoms with van der Waals surface area (Å²) in [5.41, 5.74) is 0.651. The Labute approximate surface area is 94.2 Å². The molecular formula is C10H14FNO3S. The average Bonchev–Trinajstić information content (AvgIpc) is 2.20. The molecule has 1 atom stereocenters. The normalized spacial score (nSPS) is 13.8. The standard InChI is InChI=1S/C10H14FNO3S/c1-7-3-4-9(11)10(5-7)16(14,15)12-8(2)6-13/h3-5,8,12-13H,6H2,1-2H3. The minimum Gasteiger partial charge on any atom is -0.395 e. The third kappa shape index (κ3) is 3.01. The first-order valence-corrected chi connectivity index (χ1v) is 6.24. The Morgan fingerprint density at radius 3 is 2.69 bits per heavy atom. The highest BCUT2D eigenvalue weighted by molar-refractivity contribution is 7.89. The van der Waals surface area contributed by atoms with Crippen molar-refractivity contribution in [2.45, 2.75) is 24.8 Å². The molecule has 1 aromatic carbocycles. The topological polar surface area (TPSA) is 66.4 Å². The Kier molecular flexibility index (Phi) is 4.01. The lowest BCUT2D eigenvalue weighted by atomic mass is 10.2. The van der Waals surface area contributed by atoms with E-state index in [1.165, 1.54) is 19.1 Å². The number of aliphatic hydroxyl groups is 1. The van der Waals surface area contributed by atoms with Gasteiger partial charge in [0, 0.05) is 6.04 Å². The minimum atomic E-state index is -3.91. The molecule has 4 nitrogen and oxygen atoms in total. The molecular weight excluding hydrogens is 233 g/mol. The van der Waals surface area contributed by atoms with Crippen LogP contribution in [0.15, 0.2) is 23.1 Å². The van der Waals surface area contributed by atoms with Crippen LogP contribution in [-0.4, -0.2) is 26.2 Å². The molecule has 1 unspecified atom stereocenters. The largest absolute Gasteiger partial charge is 0.395 e. The van der Waals surface area contributed by atoms with Crippen molar-refractivity contribution < 1.29 is 17.9 Å². The molecule has 0 radical (unpaired) electrons. The Morgan fingerprint density at radius 1 is 1.50 bits per heavy atom. The average molecular weight is 247 g/mol. The highest BCUT2D eigenvalue weighted by Gasteiger charge is 2.20. The van der Waals surface area contributed by atoms with E-state index in [-0.39, 0.29) is 6.61 Å². The lowest BCUT2D eigenvalue weighted by Crippen LogP contribution is -2.35.